The molecule has 4 rings (SSSR count). The highest BCUT2D eigenvalue weighted by Gasteiger charge is 2.40. The van der Waals surface area contributed by atoms with Crippen LogP contribution in [0.25, 0.3) is 10.8 Å². The standard InChI is InChI=1S/C16H18BrN3O2S/c17-13-8-18-7-11-3-1-5-15(16(11)13)23(21,22)20-9-12-4-2-6-19-14(12)10-20/h1,3,5,7-8,12,14,19H,2,4,6,9-10H2. The zero-order chi connectivity index (χ0) is 16.0. The molecule has 0 spiro atoms. The molecule has 2 atom stereocenters. The number of pyridine rings is 1. The van der Waals surface area contributed by atoms with Crippen molar-refractivity contribution in [3.63, 3.8) is 0 Å². The van der Waals surface area contributed by atoms with Crippen LogP contribution in [0.15, 0.2) is 40.0 Å². The zero-order valence-corrected chi connectivity index (χ0v) is 15.0. The van der Waals surface area contributed by atoms with Gasteiger partial charge in [-0.05, 0) is 47.3 Å². The van der Waals surface area contributed by atoms with Crippen molar-refractivity contribution in [1.29, 1.82) is 0 Å². The average Bonchev–Trinajstić information content (AvgIpc) is 2.99. The lowest BCUT2D eigenvalue weighted by Crippen LogP contribution is -2.41. The van der Waals surface area contributed by atoms with E-state index in [-0.39, 0.29) is 0 Å². The lowest BCUT2D eigenvalue weighted by atomic mass is 9.94. The summed E-state index contributed by atoms with van der Waals surface area (Å²) in [6.45, 7) is 2.16. The maximum atomic E-state index is 13.2. The summed E-state index contributed by atoms with van der Waals surface area (Å²) in [6, 6.07) is 5.65. The molecule has 1 aromatic heterocycles. The maximum absolute atomic E-state index is 13.2. The molecule has 2 aliphatic heterocycles. The molecule has 3 heterocycles. The predicted molar refractivity (Wildman–Crippen MR) is 92.7 cm³/mol. The SMILES string of the molecule is O=S(=O)(c1cccc2cncc(Br)c12)N1CC2CCCNC2C1. The van der Waals surface area contributed by atoms with Crippen LogP contribution in [0.2, 0.25) is 0 Å². The molecule has 2 unspecified atom stereocenters. The topological polar surface area (TPSA) is 62.3 Å². The monoisotopic (exact) mass is 395 g/mol. The molecule has 2 aliphatic rings. The van der Waals surface area contributed by atoms with Crippen molar-refractivity contribution in [2.45, 2.75) is 23.8 Å². The number of hydrogen-bond donors (Lipinski definition) is 1. The number of rotatable bonds is 2. The van der Waals surface area contributed by atoms with E-state index in [1.807, 2.05) is 6.07 Å². The van der Waals surface area contributed by atoms with Gasteiger partial charge in [0.2, 0.25) is 10.0 Å². The molecule has 0 saturated carbocycles. The van der Waals surface area contributed by atoms with E-state index in [4.69, 9.17) is 0 Å². The minimum absolute atomic E-state index is 0.290. The Labute approximate surface area is 144 Å². The molecule has 0 radical (unpaired) electrons. The first-order chi connectivity index (χ1) is 11.1. The van der Waals surface area contributed by atoms with Gasteiger partial charge in [0.1, 0.15) is 0 Å². The summed E-state index contributed by atoms with van der Waals surface area (Å²) in [7, 11) is -3.51. The first-order valence-corrected chi connectivity index (χ1v) is 10.1. The first kappa shape index (κ1) is 15.5. The fraction of sp³-hybridized carbons (Fsp3) is 0.438. The van der Waals surface area contributed by atoms with Crippen molar-refractivity contribution < 1.29 is 8.42 Å². The van der Waals surface area contributed by atoms with Gasteiger partial charge in [-0.3, -0.25) is 4.98 Å². The molecule has 0 amide bonds. The number of halogens is 1. The van der Waals surface area contributed by atoms with Crippen molar-refractivity contribution in [1.82, 2.24) is 14.6 Å². The van der Waals surface area contributed by atoms with E-state index in [2.05, 4.69) is 26.2 Å². The molecular weight excluding hydrogens is 378 g/mol. The lowest BCUT2D eigenvalue weighted by molar-refractivity contribution is 0.339. The van der Waals surface area contributed by atoms with Crippen LogP contribution in [0, 0.1) is 5.92 Å². The smallest absolute Gasteiger partial charge is 0.243 e. The highest BCUT2D eigenvalue weighted by Crippen LogP contribution is 2.34. The average molecular weight is 396 g/mol. The van der Waals surface area contributed by atoms with Crippen LogP contribution >= 0.6 is 15.9 Å². The Balaban J connectivity index is 1.78. The molecule has 7 heteroatoms. The number of nitrogens with one attached hydrogen (secondary N) is 1. The number of aromatic nitrogens is 1. The minimum Gasteiger partial charge on any atom is -0.312 e. The van der Waals surface area contributed by atoms with Crippen LogP contribution in [0.5, 0.6) is 0 Å². The summed E-state index contributed by atoms with van der Waals surface area (Å²) < 4.78 is 28.8. The molecule has 2 aromatic rings. The Morgan fingerprint density at radius 3 is 2.96 bits per heavy atom. The van der Waals surface area contributed by atoms with Gasteiger partial charge in [0.25, 0.3) is 0 Å². The Bertz CT molecular complexity index is 836. The van der Waals surface area contributed by atoms with E-state index in [0.29, 0.717) is 39.8 Å². The molecule has 2 saturated heterocycles. The van der Waals surface area contributed by atoms with Crippen LogP contribution in [0.3, 0.4) is 0 Å². The fourth-order valence-electron chi connectivity index (χ4n) is 3.72. The maximum Gasteiger partial charge on any atom is 0.243 e. The summed E-state index contributed by atoms with van der Waals surface area (Å²) in [5.74, 6) is 0.429. The molecule has 0 aliphatic carbocycles. The third-order valence-electron chi connectivity index (χ3n) is 4.88. The number of sulfonamides is 1. The molecule has 23 heavy (non-hydrogen) atoms. The summed E-state index contributed by atoms with van der Waals surface area (Å²) in [6.07, 6.45) is 5.57. The van der Waals surface area contributed by atoms with Gasteiger partial charge in [-0.25, -0.2) is 8.42 Å². The van der Waals surface area contributed by atoms with Crippen LogP contribution in [0.4, 0.5) is 0 Å². The van der Waals surface area contributed by atoms with E-state index in [1.165, 1.54) is 0 Å². The summed E-state index contributed by atoms with van der Waals surface area (Å²) in [4.78, 5) is 4.49. The van der Waals surface area contributed by atoms with E-state index in [9.17, 15) is 8.42 Å². The zero-order valence-electron chi connectivity index (χ0n) is 12.6. The number of hydrogen-bond acceptors (Lipinski definition) is 4. The summed E-state index contributed by atoms with van der Waals surface area (Å²) >= 11 is 3.45. The van der Waals surface area contributed by atoms with Gasteiger partial charge in [-0.15, -0.1) is 0 Å². The first-order valence-electron chi connectivity index (χ1n) is 7.83. The Morgan fingerprint density at radius 2 is 2.13 bits per heavy atom. The molecule has 0 bridgehead atoms. The van der Waals surface area contributed by atoms with Gasteiger partial charge in [0.05, 0.1) is 4.90 Å². The van der Waals surface area contributed by atoms with Crippen LogP contribution in [-0.2, 0) is 10.0 Å². The van der Waals surface area contributed by atoms with Crippen molar-refractivity contribution in [3.05, 3.63) is 35.1 Å². The van der Waals surface area contributed by atoms with Crippen molar-refractivity contribution in [3.8, 4) is 0 Å². The van der Waals surface area contributed by atoms with Gasteiger partial charge in [-0.2, -0.15) is 4.31 Å². The second kappa shape index (κ2) is 5.81. The molecule has 122 valence electrons. The largest absolute Gasteiger partial charge is 0.312 e. The van der Waals surface area contributed by atoms with Gasteiger partial charge in [0, 0.05) is 46.8 Å². The third kappa shape index (κ3) is 2.59. The van der Waals surface area contributed by atoms with E-state index < -0.39 is 10.0 Å². The van der Waals surface area contributed by atoms with Crippen LogP contribution in [0.1, 0.15) is 12.8 Å². The summed E-state index contributed by atoms with van der Waals surface area (Å²) in [5, 5.41) is 5.00. The van der Waals surface area contributed by atoms with E-state index >= 15 is 0 Å². The van der Waals surface area contributed by atoms with E-state index in [0.717, 1.165) is 24.8 Å². The highest BCUT2D eigenvalue weighted by molar-refractivity contribution is 9.10. The fourth-order valence-corrected chi connectivity index (χ4v) is 6.17. The Hall–Kier alpha value is -1.02. The molecular formula is C16H18BrN3O2S. The van der Waals surface area contributed by atoms with Gasteiger partial charge >= 0.3 is 0 Å². The molecule has 1 aromatic carbocycles. The molecule has 1 N–H and O–H groups in total. The number of nitrogens with zero attached hydrogens (tertiary/aromatic N) is 2. The lowest BCUT2D eigenvalue weighted by Gasteiger charge is -2.24. The minimum atomic E-state index is -3.51. The van der Waals surface area contributed by atoms with Gasteiger partial charge in [0.15, 0.2) is 0 Å². The third-order valence-corrected chi connectivity index (χ3v) is 7.36. The molecule has 2 fully saturated rings. The van der Waals surface area contributed by atoms with Crippen molar-refractivity contribution >= 4 is 36.7 Å². The van der Waals surface area contributed by atoms with Crippen LogP contribution < -0.4 is 5.32 Å². The van der Waals surface area contributed by atoms with Crippen molar-refractivity contribution in [2.24, 2.45) is 5.92 Å². The second-order valence-corrected chi connectivity index (χ2v) is 9.02. The Kier molecular flexibility index (Phi) is 3.91. The highest BCUT2D eigenvalue weighted by atomic mass is 79.9. The van der Waals surface area contributed by atoms with E-state index in [1.54, 1.807) is 28.8 Å². The second-order valence-electron chi connectivity index (χ2n) is 6.26. The van der Waals surface area contributed by atoms with Gasteiger partial charge < -0.3 is 5.32 Å². The van der Waals surface area contributed by atoms with Crippen LogP contribution in [-0.4, -0.2) is 43.4 Å². The van der Waals surface area contributed by atoms with Gasteiger partial charge in [-0.1, -0.05) is 12.1 Å². The predicted octanol–water partition coefficient (Wildman–Crippen LogP) is 2.37. The summed E-state index contributed by atoms with van der Waals surface area (Å²) in [5.41, 5.74) is 0. The number of fused-ring (bicyclic) bond motifs is 2. The number of benzene rings is 1. The normalized spacial score (nSPS) is 25.6. The number of piperidine rings is 1. The molecule has 5 nitrogen and oxygen atoms in total. The van der Waals surface area contributed by atoms with Crippen molar-refractivity contribution in [2.75, 3.05) is 19.6 Å². The quantitative estimate of drug-likeness (QED) is 0.847. The Morgan fingerprint density at radius 1 is 1.26 bits per heavy atom.